The quantitative estimate of drug-likeness (QED) is 0.454. The van der Waals surface area contributed by atoms with E-state index in [0.717, 1.165) is 16.7 Å². The lowest BCUT2D eigenvalue weighted by Gasteiger charge is -2.19. The van der Waals surface area contributed by atoms with Gasteiger partial charge in [-0.05, 0) is 47.2 Å². The molecule has 0 saturated carbocycles. The van der Waals surface area contributed by atoms with Crippen LogP contribution in [-0.4, -0.2) is 40.5 Å². The smallest absolute Gasteiger partial charge is 0.407 e. The van der Waals surface area contributed by atoms with Gasteiger partial charge in [0.25, 0.3) is 0 Å². The maximum absolute atomic E-state index is 12.2. The number of nitrogens with two attached hydrogens (primary N) is 1. The first-order chi connectivity index (χ1) is 15.5. The summed E-state index contributed by atoms with van der Waals surface area (Å²) >= 11 is 0. The summed E-state index contributed by atoms with van der Waals surface area (Å²) in [4.78, 5) is 16.3. The largest absolute Gasteiger partial charge is 0.449 e. The van der Waals surface area contributed by atoms with E-state index in [-0.39, 0.29) is 31.3 Å². The number of amides is 1. The first-order valence-corrected chi connectivity index (χ1v) is 10.6. The molecule has 0 saturated heterocycles. The number of carbonyl (C=O) groups is 1. The third kappa shape index (κ3) is 4.44. The molecule has 0 fully saturated rings. The molecular formula is C25H27N3O4. The van der Waals surface area contributed by atoms with E-state index in [1.54, 1.807) is 19.1 Å². The van der Waals surface area contributed by atoms with E-state index in [0.29, 0.717) is 5.69 Å². The van der Waals surface area contributed by atoms with Crippen LogP contribution >= 0.6 is 0 Å². The molecular weight excluding hydrogens is 406 g/mol. The Bertz CT molecular complexity index is 1070. The highest BCUT2D eigenvalue weighted by molar-refractivity contribution is 5.79. The number of benzene rings is 2. The number of hydrogen-bond donors (Lipinski definition) is 4. The Kier molecular flexibility index (Phi) is 6.39. The monoisotopic (exact) mass is 433 g/mol. The average molecular weight is 434 g/mol. The van der Waals surface area contributed by atoms with Gasteiger partial charge in [-0.25, -0.2) is 9.78 Å². The first kappa shape index (κ1) is 21.8. The number of anilines is 1. The summed E-state index contributed by atoms with van der Waals surface area (Å²) in [7, 11) is 0. The van der Waals surface area contributed by atoms with Crippen LogP contribution in [0.4, 0.5) is 10.6 Å². The fraction of sp³-hybridized carbons (Fsp3) is 0.280. The molecule has 0 aliphatic heterocycles. The third-order valence-electron chi connectivity index (χ3n) is 5.86. The molecule has 166 valence electrons. The number of alkyl carbamates (subject to hydrolysis) is 1. The lowest BCUT2D eigenvalue weighted by Crippen LogP contribution is -2.31. The van der Waals surface area contributed by atoms with E-state index in [9.17, 15) is 15.0 Å². The Morgan fingerprint density at radius 3 is 2.34 bits per heavy atom. The number of ether oxygens (including phenoxy) is 1. The van der Waals surface area contributed by atoms with Crippen molar-refractivity contribution in [2.45, 2.75) is 31.5 Å². The molecule has 1 heterocycles. The van der Waals surface area contributed by atoms with E-state index in [2.05, 4.69) is 34.6 Å². The van der Waals surface area contributed by atoms with Crippen molar-refractivity contribution in [1.82, 2.24) is 10.3 Å². The van der Waals surface area contributed by atoms with Gasteiger partial charge in [0.05, 0.1) is 11.8 Å². The van der Waals surface area contributed by atoms with Gasteiger partial charge >= 0.3 is 6.09 Å². The highest BCUT2D eigenvalue weighted by Crippen LogP contribution is 2.44. The van der Waals surface area contributed by atoms with Crippen LogP contribution in [0.25, 0.3) is 11.1 Å². The Morgan fingerprint density at radius 1 is 1.06 bits per heavy atom. The summed E-state index contributed by atoms with van der Waals surface area (Å²) in [6.45, 7) is 2.15. The fourth-order valence-corrected chi connectivity index (χ4v) is 4.17. The van der Waals surface area contributed by atoms with Gasteiger partial charge in [0.1, 0.15) is 18.5 Å². The number of aryl methyl sites for hydroxylation is 1. The maximum Gasteiger partial charge on any atom is 0.407 e. The van der Waals surface area contributed by atoms with Crippen LogP contribution in [0.5, 0.6) is 0 Å². The number of nitrogens with one attached hydrogen (secondary N) is 1. The van der Waals surface area contributed by atoms with Gasteiger partial charge in [0, 0.05) is 12.5 Å². The maximum atomic E-state index is 12.2. The van der Waals surface area contributed by atoms with Gasteiger partial charge in [0.15, 0.2) is 0 Å². The molecule has 2 atom stereocenters. The Morgan fingerprint density at radius 2 is 1.69 bits per heavy atom. The van der Waals surface area contributed by atoms with Crippen molar-refractivity contribution in [1.29, 1.82) is 0 Å². The molecule has 1 amide bonds. The van der Waals surface area contributed by atoms with Gasteiger partial charge < -0.3 is 26.0 Å². The van der Waals surface area contributed by atoms with Gasteiger partial charge in [0.2, 0.25) is 0 Å². The molecule has 4 rings (SSSR count). The lowest BCUT2D eigenvalue weighted by atomic mass is 9.98. The molecule has 2 unspecified atom stereocenters. The van der Waals surface area contributed by atoms with Crippen LogP contribution in [-0.2, 0) is 4.74 Å². The number of pyridine rings is 1. The predicted octanol–water partition coefficient (Wildman–Crippen LogP) is 3.30. The van der Waals surface area contributed by atoms with Gasteiger partial charge in [-0.3, -0.25) is 0 Å². The first-order valence-electron chi connectivity index (χ1n) is 10.6. The molecule has 0 radical (unpaired) electrons. The van der Waals surface area contributed by atoms with E-state index < -0.39 is 18.3 Å². The van der Waals surface area contributed by atoms with Gasteiger partial charge in [-0.15, -0.1) is 0 Å². The summed E-state index contributed by atoms with van der Waals surface area (Å²) in [6, 6.07) is 19.6. The number of hydrogen-bond acceptors (Lipinski definition) is 6. The Labute approximate surface area is 186 Å². The zero-order valence-electron chi connectivity index (χ0n) is 17.9. The van der Waals surface area contributed by atoms with E-state index in [1.807, 2.05) is 24.3 Å². The van der Waals surface area contributed by atoms with Gasteiger partial charge in [-0.1, -0.05) is 54.6 Å². The summed E-state index contributed by atoms with van der Waals surface area (Å²) in [6.07, 6.45) is -2.71. The molecule has 0 spiro atoms. The molecule has 3 aromatic rings. The van der Waals surface area contributed by atoms with E-state index >= 15 is 0 Å². The van der Waals surface area contributed by atoms with Crippen LogP contribution in [0.3, 0.4) is 0 Å². The number of carbonyl (C=O) groups excluding carboxylic acids is 1. The minimum atomic E-state index is -1.19. The molecule has 32 heavy (non-hydrogen) atoms. The number of nitrogens with zero attached hydrogens (tertiary/aromatic N) is 1. The van der Waals surface area contributed by atoms with Crippen LogP contribution < -0.4 is 11.1 Å². The second-order valence-corrected chi connectivity index (χ2v) is 7.99. The van der Waals surface area contributed by atoms with Crippen molar-refractivity contribution in [2.75, 3.05) is 18.9 Å². The average Bonchev–Trinajstić information content (AvgIpc) is 3.12. The number of aliphatic hydroxyl groups excluding tert-OH is 2. The number of rotatable bonds is 7. The van der Waals surface area contributed by atoms with Crippen molar-refractivity contribution in [3.63, 3.8) is 0 Å². The van der Waals surface area contributed by atoms with Crippen molar-refractivity contribution < 1.29 is 19.7 Å². The molecule has 0 bridgehead atoms. The number of fused-ring (bicyclic) bond motifs is 3. The van der Waals surface area contributed by atoms with Crippen LogP contribution in [0.1, 0.15) is 40.8 Å². The van der Waals surface area contributed by atoms with Crippen molar-refractivity contribution in [3.05, 3.63) is 83.0 Å². The topological polar surface area (TPSA) is 118 Å². The molecule has 5 N–H and O–H groups in total. The van der Waals surface area contributed by atoms with Gasteiger partial charge in [-0.2, -0.15) is 0 Å². The predicted molar refractivity (Wildman–Crippen MR) is 122 cm³/mol. The second kappa shape index (κ2) is 9.38. The number of aliphatic hydroxyl groups is 2. The number of nitrogen functional groups attached to an aromatic ring is 1. The molecule has 7 nitrogen and oxygen atoms in total. The summed E-state index contributed by atoms with van der Waals surface area (Å²) in [5.74, 6) is 0.256. The van der Waals surface area contributed by atoms with Crippen LogP contribution in [0.15, 0.2) is 60.7 Å². The third-order valence-corrected chi connectivity index (χ3v) is 5.86. The van der Waals surface area contributed by atoms with Crippen LogP contribution in [0, 0.1) is 6.92 Å². The van der Waals surface area contributed by atoms with Crippen LogP contribution in [0.2, 0.25) is 0 Å². The second-order valence-electron chi connectivity index (χ2n) is 7.99. The Balaban J connectivity index is 1.29. The summed E-state index contributed by atoms with van der Waals surface area (Å²) < 4.78 is 5.48. The SMILES string of the molecule is Cc1ccc(N)nc1C(O)C(O)CCNC(=O)OCC1c2ccccc2-c2ccccc21. The molecule has 1 aliphatic rings. The molecule has 1 aromatic heterocycles. The fourth-order valence-electron chi connectivity index (χ4n) is 4.17. The van der Waals surface area contributed by atoms with Crippen molar-refractivity contribution in [3.8, 4) is 11.1 Å². The molecule has 7 heteroatoms. The molecule has 2 aromatic carbocycles. The van der Waals surface area contributed by atoms with E-state index in [1.165, 1.54) is 11.1 Å². The lowest BCUT2D eigenvalue weighted by molar-refractivity contribution is 0.0109. The number of aromatic nitrogens is 1. The molecule has 1 aliphatic carbocycles. The zero-order chi connectivity index (χ0) is 22.7. The highest BCUT2D eigenvalue weighted by Gasteiger charge is 2.29. The minimum absolute atomic E-state index is 0.0156. The summed E-state index contributed by atoms with van der Waals surface area (Å²) in [5, 5.41) is 23.3. The zero-order valence-corrected chi connectivity index (χ0v) is 17.9. The highest BCUT2D eigenvalue weighted by atomic mass is 16.5. The van der Waals surface area contributed by atoms with Crippen molar-refractivity contribution in [2.24, 2.45) is 0 Å². The Hall–Kier alpha value is -3.42. The van der Waals surface area contributed by atoms with Crippen molar-refractivity contribution >= 4 is 11.9 Å². The van der Waals surface area contributed by atoms with E-state index in [4.69, 9.17) is 10.5 Å². The normalized spacial score (nSPS) is 14.3. The summed E-state index contributed by atoms with van der Waals surface area (Å²) in [5.41, 5.74) is 11.4. The standard InChI is InChI=1S/C25H27N3O4/c1-15-10-11-22(26)28-23(15)24(30)21(29)12-13-27-25(31)32-14-20-18-8-4-2-6-16(18)17-7-3-5-9-19(17)20/h2-11,20-21,24,29-30H,12-14H2,1H3,(H2,26,28)(H,27,31). The minimum Gasteiger partial charge on any atom is -0.449 e.